The number of sulfonamides is 1. The number of hydrogen-bond donors (Lipinski definition) is 1. The molecule has 152 valence electrons. The minimum Gasteiger partial charge on any atom is -0.295 e. The Labute approximate surface area is 169 Å². The highest BCUT2D eigenvalue weighted by molar-refractivity contribution is 8.01. The van der Waals surface area contributed by atoms with E-state index >= 15 is 0 Å². The maximum absolute atomic E-state index is 12.5. The van der Waals surface area contributed by atoms with E-state index in [2.05, 4.69) is 25.4 Å². The number of carbonyl (C=O) groups is 1. The highest BCUT2D eigenvalue weighted by atomic mass is 32.2. The predicted octanol–water partition coefficient (Wildman–Crippen LogP) is 4.39. The lowest BCUT2D eigenvalue weighted by Crippen LogP contribution is -2.29. The molecule has 0 amide bonds. The standard InChI is InChI=1S/C12H11F3N6O3S4/c1-3-25-11-20-19-10(27-11)18-17-8-7(5-4-6(2)22)16-9(26-8)21-28(23,24)12(13,14)15/h4-5H,3H2,1-2H3,(H,16,21). The van der Waals surface area contributed by atoms with Gasteiger partial charge in [0.25, 0.3) is 5.13 Å². The number of thioether (sulfide) groups is 1. The van der Waals surface area contributed by atoms with Crippen molar-refractivity contribution in [3.8, 4) is 0 Å². The molecule has 0 unspecified atom stereocenters. The average Bonchev–Trinajstić information content (AvgIpc) is 3.16. The summed E-state index contributed by atoms with van der Waals surface area (Å²) in [6.45, 7) is 3.19. The van der Waals surface area contributed by atoms with Gasteiger partial charge in [0.15, 0.2) is 20.3 Å². The first-order chi connectivity index (χ1) is 13.0. The van der Waals surface area contributed by atoms with Gasteiger partial charge in [-0.05, 0) is 24.8 Å². The van der Waals surface area contributed by atoms with Crippen molar-refractivity contribution >= 4 is 71.6 Å². The van der Waals surface area contributed by atoms with Crippen LogP contribution in [0.25, 0.3) is 6.08 Å². The lowest BCUT2D eigenvalue weighted by molar-refractivity contribution is -0.112. The fourth-order valence-electron chi connectivity index (χ4n) is 1.43. The Hall–Kier alpha value is -1.91. The van der Waals surface area contributed by atoms with E-state index in [9.17, 15) is 26.4 Å². The summed E-state index contributed by atoms with van der Waals surface area (Å²) in [6, 6.07) is 0. The summed E-state index contributed by atoms with van der Waals surface area (Å²) < 4.78 is 62.0. The molecule has 0 radical (unpaired) electrons. The molecular weight excluding hydrogens is 461 g/mol. The number of hydrogen-bond acceptors (Lipinski definition) is 11. The summed E-state index contributed by atoms with van der Waals surface area (Å²) in [6.07, 6.45) is 2.30. The number of carbonyl (C=O) groups excluding carboxylic acids is 1. The third kappa shape index (κ3) is 6.05. The van der Waals surface area contributed by atoms with E-state index in [0.29, 0.717) is 15.7 Å². The number of aromatic nitrogens is 3. The maximum Gasteiger partial charge on any atom is 0.516 e. The molecule has 0 aliphatic carbocycles. The molecule has 0 aliphatic rings. The number of allylic oxidation sites excluding steroid dienone is 1. The van der Waals surface area contributed by atoms with Crippen molar-refractivity contribution in [3.05, 3.63) is 11.8 Å². The number of rotatable bonds is 8. The molecule has 2 aromatic heterocycles. The zero-order chi connectivity index (χ0) is 20.9. The average molecular weight is 473 g/mol. The van der Waals surface area contributed by atoms with E-state index in [1.807, 2.05) is 6.92 Å². The maximum atomic E-state index is 12.5. The molecule has 2 rings (SSSR count). The van der Waals surface area contributed by atoms with E-state index in [1.54, 1.807) is 0 Å². The first-order valence-corrected chi connectivity index (χ1v) is 11.3. The van der Waals surface area contributed by atoms with Gasteiger partial charge in [0.2, 0.25) is 0 Å². The Morgan fingerprint density at radius 2 is 2.00 bits per heavy atom. The van der Waals surface area contributed by atoms with Crippen molar-refractivity contribution in [1.29, 1.82) is 0 Å². The molecule has 0 bridgehead atoms. The molecule has 9 nitrogen and oxygen atoms in total. The zero-order valence-corrected chi connectivity index (χ0v) is 17.4. The topological polar surface area (TPSA) is 127 Å². The van der Waals surface area contributed by atoms with Gasteiger partial charge < -0.3 is 0 Å². The summed E-state index contributed by atoms with van der Waals surface area (Å²) in [5, 5.41) is 14.9. The number of thiazole rings is 1. The van der Waals surface area contributed by atoms with Crippen LogP contribution in [0.15, 0.2) is 20.6 Å². The lowest BCUT2D eigenvalue weighted by atomic mass is 10.3. The molecule has 0 aromatic carbocycles. The van der Waals surface area contributed by atoms with Crippen LogP contribution in [-0.2, 0) is 14.8 Å². The molecule has 1 N–H and O–H groups in total. The third-order valence-electron chi connectivity index (χ3n) is 2.53. The second kappa shape index (κ2) is 9.06. The largest absolute Gasteiger partial charge is 0.516 e. The summed E-state index contributed by atoms with van der Waals surface area (Å²) in [5.74, 6) is 0.433. The first-order valence-electron chi connectivity index (χ1n) is 7.18. The third-order valence-corrected chi connectivity index (χ3v) is 6.42. The zero-order valence-electron chi connectivity index (χ0n) is 14.1. The van der Waals surface area contributed by atoms with E-state index < -0.39 is 20.7 Å². The predicted molar refractivity (Wildman–Crippen MR) is 101 cm³/mol. The number of nitrogens with zero attached hydrogens (tertiary/aromatic N) is 5. The molecule has 16 heteroatoms. The highest BCUT2D eigenvalue weighted by Gasteiger charge is 2.46. The summed E-state index contributed by atoms with van der Waals surface area (Å²) in [4.78, 5) is 14.8. The highest BCUT2D eigenvalue weighted by Crippen LogP contribution is 2.36. The van der Waals surface area contributed by atoms with Crippen molar-refractivity contribution < 1.29 is 26.4 Å². The Bertz CT molecular complexity index is 1010. The van der Waals surface area contributed by atoms with Crippen LogP contribution in [0.1, 0.15) is 19.5 Å². The van der Waals surface area contributed by atoms with Crippen LogP contribution < -0.4 is 4.72 Å². The smallest absolute Gasteiger partial charge is 0.295 e. The first kappa shape index (κ1) is 22.4. The number of alkyl halides is 3. The van der Waals surface area contributed by atoms with Gasteiger partial charge in [-0.1, -0.05) is 41.4 Å². The van der Waals surface area contributed by atoms with Crippen LogP contribution in [0, 0.1) is 0 Å². The molecule has 0 aliphatic heterocycles. The van der Waals surface area contributed by atoms with Crippen molar-refractivity contribution in [2.45, 2.75) is 23.7 Å². The van der Waals surface area contributed by atoms with Gasteiger partial charge in [-0.25, -0.2) is 4.98 Å². The number of anilines is 1. The fourth-order valence-corrected chi connectivity index (χ4v) is 4.50. The Morgan fingerprint density at radius 1 is 1.29 bits per heavy atom. The molecule has 2 heterocycles. The number of halogens is 3. The van der Waals surface area contributed by atoms with Crippen LogP contribution in [0.2, 0.25) is 0 Å². The number of ketones is 1. The number of nitrogens with one attached hydrogen (secondary N) is 1. The van der Waals surface area contributed by atoms with E-state index in [0.717, 1.165) is 23.2 Å². The summed E-state index contributed by atoms with van der Waals surface area (Å²) >= 11 is 3.12. The van der Waals surface area contributed by atoms with Crippen LogP contribution in [0.3, 0.4) is 0 Å². The lowest BCUT2D eigenvalue weighted by Gasteiger charge is -2.07. The number of azo groups is 1. The SMILES string of the molecule is CCSc1nnc(N=Nc2sc(NS(=O)(=O)C(F)(F)F)nc2C=CC(C)=O)s1. The normalized spacial score (nSPS) is 12.9. The van der Waals surface area contributed by atoms with Crippen molar-refractivity contribution in [2.24, 2.45) is 10.2 Å². The van der Waals surface area contributed by atoms with Crippen LogP contribution in [0.4, 0.5) is 28.4 Å². The van der Waals surface area contributed by atoms with Gasteiger partial charge in [-0.3, -0.25) is 9.52 Å². The summed E-state index contributed by atoms with van der Waals surface area (Å²) in [5.41, 5.74) is -5.54. The molecular formula is C12H11F3N6O3S4. The van der Waals surface area contributed by atoms with Crippen LogP contribution in [0.5, 0.6) is 0 Å². The van der Waals surface area contributed by atoms with Gasteiger partial charge in [0.1, 0.15) is 5.69 Å². The molecule has 0 fully saturated rings. The van der Waals surface area contributed by atoms with E-state index in [1.165, 1.54) is 29.5 Å². The molecule has 0 saturated carbocycles. The fraction of sp³-hybridized carbons (Fsp3) is 0.333. The molecule has 0 spiro atoms. The second-order valence-electron chi connectivity index (χ2n) is 4.69. The van der Waals surface area contributed by atoms with Gasteiger partial charge in [-0.15, -0.1) is 20.4 Å². The molecule has 2 aromatic rings. The second-order valence-corrected chi connectivity index (χ2v) is 9.81. The quantitative estimate of drug-likeness (QED) is 0.343. The van der Waals surface area contributed by atoms with Gasteiger partial charge in [-0.2, -0.15) is 21.6 Å². The van der Waals surface area contributed by atoms with Gasteiger partial charge >= 0.3 is 15.5 Å². The Kier molecular flexibility index (Phi) is 7.24. The van der Waals surface area contributed by atoms with Crippen molar-refractivity contribution in [2.75, 3.05) is 10.5 Å². The Balaban J connectivity index is 2.34. The van der Waals surface area contributed by atoms with Gasteiger partial charge in [0, 0.05) is 0 Å². The minimum absolute atomic E-state index is 0.0164. The van der Waals surface area contributed by atoms with E-state index in [-0.39, 0.29) is 21.6 Å². The van der Waals surface area contributed by atoms with E-state index in [4.69, 9.17) is 0 Å². The van der Waals surface area contributed by atoms with Crippen LogP contribution >= 0.6 is 34.4 Å². The molecule has 0 atom stereocenters. The monoisotopic (exact) mass is 472 g/mol. The summed E-state index contributed by atoms with van der Waals surface area (Å²) in [7, 11) is -5.64. The van der Waals surface area contributed by atoms with Crippen molar-refractivity contribution in [3.63, 3.8) is 0 Å². The van der Waals surface area contributed by atoms with Crippen LogP contribution in [-0.4, -0.2) is 40.6 Å². The minimum atomic E-state index is -5.64. The Morgan fingerprint density at radius 3 is 2.61 bits per heavy atom. The molecule has 0 saturated heterocycles. The molecule has 28 heavy (non-hydrogen) atoms. The van der Waals surface area contributed by atoms with Gasteiger partial charge in [0.05, 0.1) is 0 Å². The van der Waals surface area contributed by atoms with Crippen molar-refractivity contribution in [1.82, 2.24) is 15.2 Å².